The van der Waals surface area contributed by atoms with Gasteiger partial charge in [0.25, 0.3) is 5.56 Å². The molecule has 3 N–H and O–H groups in total. The molecule has 19 heavy (non-hydrogen) atoms. The number of aromatic amines is 1. The molecule has 1 unspecified atom stereocenters. The van der Waals surface area contributed by atoms with Crippen LogP contribution in [-0.2, 0) is 4.74 Å². The first-order chi connectivity index (χ1) is 8.93. The molecule has 1 fully saturated rings. The molecule has 8 heteroatoms. The molecule has 0 spiro atoms. The summed E-state index contributed by atoms with van der Waals surface area (Å²) in [6, 6.07) is 0. The second-order valence-electron chi connectivity index (χ2n) is 4.55. The summed E-state index contributed by atoms with van der Waals surface area (Å²) in [6.45, 7) is 1.27. The number of nitrogens with zero attached hydrogens (tertiary/aromatic N) is 1. The number of H-pyrrole nitrogens is 1. The van der Waals surface area contributed by atoms with E-state index in [4.69, 9.17) is 9.84 Å². The molecule has 1 aromatic heterocycles. The van der Waals surface area contributed by atoms with Crippen LogP contribution in [0.4, 0.5) is 0 Å². The van der Waals surface area contributed by atoms with E-state index in [9.17, 15) is 14.7 Å². The number of hydrogen-bond acceptors (Lipinski definition) is 5. The highest BCUT2D eigenvalue weighted by atomic mass is 127. The van der Waals surface area contributed by atoms with E-state index in [0.29, 0.717) is 12.0 Å². The third-order valence-electron chi connectivity index (χ3n) is 3.12. The molecular weight excluding hydrogens is 367 g/mol. The van der Waals surface area contributed by atoms with Crippen molar-refractivity contribution in [1.29, 1.82) is 0 Å². The number of alkyl halides is 1. The number of aliphatic hydroxyl groups is 2. The lowest BCUT2D eigenvalue weighted by atomic mass is 10.0. The summed E-state index contributed by atoms with van der Waals surface area (Å²) in [5, 5.41) is 18.9. The van der Waals surface area contributed by atoms with E-state index in [1.807, 2.05) is 0 Å². The average Bonchev–Trinajstić information content (AvgIpc) is 2.35. The number of hydrogen-bond donors (Lipinski definition) is 3. The largest absolute Gasteiger partial charge is 0.394 e. The van der Waals surface area contributed by atoms with Crippen LogP contribution in [0, 0.1) is 6.92 Å². The Kier molecular flexibility index (Phi) is 4.43. The van der Waals surface area contributed by atoms with Gasteiger partial charge in [-0.25, -0.2) is 4.79 Å². The van der Waals surface area contributed by atoms with Gasteiger partial charge in [-0.15, -0.1) is 0 Å². The predicted molar refractivity (Wildman–Crippen MR) is 75.5 cm³/mol. The fourth-order valence-corrected chi connectivity index (χ4v) is 3.07. The number of aryl methyl sites for hydroxylation is 1. The molecule has 0 saturated carbocycles. The highest BCUT2D eigenvalue weighted by Gasteiger charge is 2.37. The van der Waals surface area contributed by atoms with E-state index in [2.05, 4.69) is 27.6 Å². The lowest BCUT2D eigenvalue weighted by Gasteiger charge is -2.37. The van der Waals surface area contributed by atoms with Gasteiger partial charge in [-0.05, 0) is 13.3 Å². The topological polar surface area (TPSA) is 105 Å². The first-order valence-electron chi connectivity index (χ1n) is 5.84. The number of ether oxygens (including phenoxy) is 1. The van der Waals surface area contributed by atoms with Gasteiger partial charge in [-0.2, -0.15) is 0 Å². The van der Waals surface area contributed by atoms with Crippen molar-refractivity contribution in [3.63, 3.8) is 0 Å². The standard InChI is InChI=1S/C11H15IN2O5/c1-5-3-14(11(18)13-9(5)17)10-6(12)2-7(16)8(4-15)19-10/h3,6-8,10,15-16H,2,4H2,1H3,(H,13,17,18)/t6?,7-,8-,10-/m1/s1. The number of aliphatic hydroxyl groups excluding tert-OH is 2. The smallest absolute Gasteiger partial charge is 0.330 e. The van der Waals surface area contributed by atoms with E-state index in [1.165, 1.54) is 10.8 Å². The van der Waals surface area contributed by atoms with Crippen molar-refractivity contribution in [2.24, 2.45) is 0 Å². The lowest BCUT2D eigenvalue weighted by Crippen LogP contribution is -2.47. The molecule has 1 saturated heterocycles. The van der Waals surface area contributed by atoms with Crippen LogP contribution in [0.1, 0.15) is 18.2 Å². The monoisotopic (exact) mass is 382 g/mol. The molecule has 0 radical (unpaired) electrons. The maximum Gasteiger partial charge on any atom is 0.330 e. The van der Waals surface area contributed by atoms with E-state index < -0.39 is 29.7 Å². The highest BCUT2D eigenvalue weighted by molar-refractivity contribution is 14.1. The van der Waals surface area contributed by atoms with Crippen LogP contribution in [0.3, 0.4) is 0 Å². The van der Waals surface area contributed by atoms with Crippen molar-refractivity contribution in [1.82, 2.24) is 9.55 Å². The van der Waals surface area contributed by atoms with Gasteiger partial charge in [0.1, 0.15) is 6.10 Å². The van der Waals surface area contributed by atoms with Gasteiger partial charge >= 0.3 is 5.69 Å². The molecule has 0 bridgehead atoms. The van der Waals surface area contributed by atoms with Crippen molar-refractivity contribution in [2.45, 2.75) is 35.7 Å². The van der Waals surface area contributed by atoms with E-state index in [0.717, 1.165) is 0 Å². The Balaban J connectivity index is 2.38. The van der Waals surface area contributed by atoms with Crippen molar-refractivity contribution in [3.8, 4) is 0 Å². The Labute approximate surface area is 122 Å². The number of aromatic nitrogens is 2. The van der Waals surface area contributed by atoms with Gasteiger partial charge in [0.15, 0.2) is 6.23 Å². The van der Waals surface area contributed by atoms with Crippen LogP contribution in [0.2, 0.25) is 0 Å². The Hall–Kier alpha value is -0.710. The molecule has 1 aromatic rings. The zero-order chi connectivity index (χ0) is 14.2. The normalized spacial score (nSPS) is 31.4. The third kappa shape index (κ3) is 2.91. The van der Waals surface area contributed by atoms with Crippen LogP contribution in [0.5, 0.6) is 0 Å². The third-order valence-corrected chi connectivity index (χ3v) is 4.24. The zero-order valence-corrected chi connectivity index (χ0v) is 12.4. The molecule has 1 aliphatic rings. The fourth-order valence-electron chi connectivity index (χ4n) is 2.03. The molecule has 2 rings (SSSR count). The predicted octanol–water partition coefficient (Wildman–Crippen LogP) is -0.711. The van der Waals surface area contributed by atoms with Crippen LogP contribution < -0.4 is 11.2 Å². The molecule has 0 aromatic carbocycles. The number of nitrogens with one attached hydrogen (secondary N) is 1. The number of rotatable bonds is 2. The molecule has 7 nitrogen and oxygen atoms in total. The Bertz CT molecular complexity index is 569. The lowest BCUT2D eigenvalue weighted by molar-refractivity contribution is -0.154. The first-order valence-corrected chi connectivity index (χ1v) is 7.09. The maximum atomic E-state index is 11.8. The minimum atomic E-state index is -0.761. The van der Waals surface area contributed by atoms with Crippen LogP contribution >= 0.6 is 22.6 Å². The summed E-state index contributed by atoms with van der Waals surface area (Å²) in [5.74, 6) is 0. The Morgan fingerprint density at radius 2 is 2.26 bits per heavy atom. The van der Waals surface area contributed by atoms with Crippen molar-refractivity contribution in [3.05, 3.63) is 32.6 Å². The minimum Gasteiger partial charge on any atom is -0.394 e. The van der Waals surface area contributed by atoms with Gasteiger partial charge in [0.05, 0.1) is 16.6 Å². The van der Waals surface area contributed by atoms with Crippen molar-refractivity contribution in [2.75, 3.05) is 6.61 Å². The van der Waals surface area contributed by atoms with Crippen molar-refractivity contribution < 1.29 is 14.9 Å². The second kappa shape index (κ2) is 5.73. The van der Waals surface area contributed by atoms with Gasteiger partial charge in [0, 0.05) is 11.8 Å². The zero-order valence-electron chi connectivity index (χ0n) is 10.2. The van der Waals surface area contributed by atoms with Gasteiger partial charge < -0.3 is 14.9 Å². The minimum absolute atomic E-state index is 0.140. The summed E-state index contributed by atoms with van der Waals surface area (Å²) in [6.07, 6.45) is -0.271. The molecule has 2 heterocycles. The van der Waals surface area contributed by atoms with Crippen LogP contribution in [0.15, 0.2) is 15.8 Å². The molecular formula is C11H15IN2O5. The SMILES string of the molecule is Cc1cn([C@@H]2O[C@H](CO)[C@H](O)CC2I)c(=O)[nH]c1=O. The van der Waals surface area contributed by atoms with E-state index in [-0.39, 0.29) is 10.5 Å². The van der Waals surface area contributed by atoms with Gasteiger partial charge in [-0.1, -0.05) is 22.6 Å². The molecule has 1 aliphatic heterocycles. The highest BCUT2D eigenvalue weighted by Crippen LogP contribution is 2.32. The maximum absolute atomic E-state index is 11.8. The molecule has 0 aliphatic carbocycles. The Morgan fingerprint density at radius 1 is 1.58 bits per heavy atom. The summed E-state index contributed by atoms with van der Waals surface area (Å²) >= 11 is 2.08. The summed E-state index contributed by atoms with van der Waals surface area (Å²) in [5.41, 5.74) is -0.588. The summed E-state index contributed by atoms with van der Waals surface area (Å²) < 4.78 is 6.71. The number of halogens is 1. The first kappa shape index (κ1) is 14.7. The van der Waals surface area contributed by atoms with Gasteiger partial charge in [0.2, 0.25) is 0 Å². The van der Waals surface area contributed by atoms with E-state index >= 15 is 0 Å². The summed E-state index contributed by atoms with van der Waals surface area (Å²) in [7, 11) is 0. The fraction of sp³-hybridized carbons (Fsp3) is 0.636. The summed E-state index contributed by atoms with van der Waals surface area (Å²) in [4.78, 5) is 25.4. The Morgan fingerprint density at radius 3 is 2.89 bits per heavy atom. The quantitative estimate of drug-likeness (QED) is 0.463. The van der Waals surface area contributed by atoms with E-state index in [1.54, 1.807) is 6.92 Å². The van der Waals surface area contributed by atoms with Crippen molar-refractivity contribution >= 4 is 22.6 Å². The molecule has 106 valence electrons. The van der Waals surface area contributed by atoms with Crippen LogP contribution in [-0.4, -0.2) is 42.5 Å². The van der Waals surface area contributed by atoms with Gasteiger partial charge in [-0.3, -0.25) is 14.3 Å². The second-order valence-corrected chi connectivity index (χ2v) is 6.15. The average molecular weight is 382 g/mol. The molecule has 4 atom stereocenters. The molecule has 0 amide bonds. The van der Waals surface area contributed by atoms with Crippen LogP contribution in [0.25, 0.3) is 0 Å².